The molecule has 3 N–H and O–H groups in total. The minimum absolute atomic E-state index is 0. The van der Waals surface area contributed by atoms with Crippen LogP contribution in [0.25, 0.3) is 0 Å². The number of hydrogen-bond acceptors (Lipinski definition) is 3. The molecule has 0 aliphatic carbocycles. The number of nitrogens with one attached hydrogen (secondary N) is 2. The molecule has 0 amide bonds. The van der Waals surface area contributed by atoms with Gasteiger partial charge in [0.25, 0.3) is 0 Å². The Morgan fingerprint density at radius 3 is 1.54 bits per heavy atom. The van der Waals surface area contributed by atoms with Crippen molar-refractivity contribution in [2.45, 2.75) is 47.3 Å². The minimum atomic E-state index is -1.26. The molecule has 2 aromatic rings. The van der Waals surface area contributed by atoms with Gasteiger partial charge in [-0.05, 0) is 27.7 Å². The predicted octanol–water partition coefficient (Wildman–Crippen LogP) is 0.0905. The first-order valence-electron chi connectivity index (χ1n) is 7.18. The van der Waals surface area contributed by atoms with Crippen LogP contribution >= 0.6 is 0 Å². The normalized spacial score (nSPS) is 9.25. The van der Waals surface area contributed by atoms with E-state index >= 15 is 0 Å². The summed E-state index contributed by atoms with van der Waals surface area (Å²) in [5.41, 5.74) is 9.23. The third kappa shape index (κ3) is 7.95. The van der Waals surface area contributed by atoms with Crippen LogP contribution < -0.4 is 51.4 Å². The predicted molar refractivity (Wildman–Crippen MR) is 96.2 cm³/mol. The van der Waals surface area contributed by atoms with Crippen LogP contribution in [0.4, 0.5) is 0 Å². The van der Waals surface area contributed by atoms with E-state index in [1.807, 2.05) is 27.7 Å². The van der Waals surface area contributed by atoms with Crippen molar-refractivity contribution in [3.05, 3.63) is 33.9 Å². The van der Waals surface area contributed by atoms with Gasteiger partial charge in [-0.15, -0.1) is 12.0 Å². The molecule has 2 heterocycles. The van der Waals surface area contributed by atoms with Crippen LogP contribution in [0.3, 0.4) is 0 Å². The molecule has 0 saturated heterocycles. The number of H-pyrrole nitrogens is 2. The van der Waals surface area contributed by atoms with Crippen LogP contribution in [0.1, 0.15) is 33.9 Å². The Balaban J connectivity index is 0. The summed E-state index contributed by atoms with van der Waals surface area (Å²) in [6.45, 7) is 14.5. The standard InChI is InChI=1S/C10H16N2Si.C7H8N2.K.H2O/c1-8-10(9(2)12-11-8)6-7-13(3,4)5;1-4-7-5(2)8-9-6(7)3;;/h1-5H3,(H,11,12);1H,2-3H3,(H,8,9);;1H2/q;;+1;/p-1. The molecule has 0 aliphatic rings. The maximum atomic E-state index is 5.19. The number of aromatic nitrogens is 4. The maximum absolute atomic E-state index is 5.19. The summed E-state index contributed by atoms with van der Waals surface area (Å²) >= 11 is 0. The Labute approximate surface area is 188 Å². The summed E-state index contributed by atoms with van der Waals surface area (Å²) < 4.78 is 0. The Morgan fingerprint density at radius 1 is 0.875 bits per heavy atom. The van der Waals surface area contributed by atoms with E-state index in [1.54, 1.807) is 0 Å². The van der Waals surface area contributed by atoms with Crippen molar-refractivity contribution in [1.82, 2.24) is 20.4 Å². The van der Waals surface area contributed by atoms with Gasteiger partial charge in [0.1, 0.15) is 8.07 Å². The summed E-state index contributed by atoms with van der Waals surface area (Å²) in [5, 5.41) is 13.8. The fourth-order valence-electron chi connectivity index (χ4n) is 1.75. The van der Waals surface area contributed by atoms with E-state index in [0.29, 0.717) is 0 Å². The molecule has 7 heteroatoms. The van der Waals surface area contributed by atoms with Gasteiger partial charge in [0, 0.05) is 11.4 Å². The molecule has 124 valence electrons. The third-order valence-electron chi connectivity index (χ3n) is 2.96. The second-order valence-corrected chi connectivity index (χ2v) is 11.0. The van der Waals surface area contributed by atoms with Crippen LogP contribution in [-0.2, 0) is 0 Å². The Hall–Kier alpha value is -0.647. The summed E-state index contributed by atoms with van der Waals surface area (Å²) in [7, 11) is -1.26. The average Bonchev–Trinajstić information content (AvgIpc) is 2.90. The zero-order chi connectivity index (χ0) is 16.9. The van der Waals surface area contributed by atoms with Crippen LogP contribution in [-0.4, -0.2) is 33.9 Å². The maximum Gasteiger partial charge on any atom is 1.00 e. The Kier molecular flexibility index (Phi) is 11.8. The molecule has 0 saturated carbocycles. The fourth-order valence-corrected chi connectivity index (χ4v) is 2.25. The first-order valence-corrected chi connectivity index (χ1v) is 10.7. The number of nitrogens with zero attached hydrogens (tertiary/aromatic N) is 2. The summed E-state index contributed by atoms with van der Waals surface area (Å²) in [4.78, 5) is 0. The molecule has 0 aliphatic heterocycles. The molecular weight excluding hydrogens is 343 g/mol. The fraction of sp³-hybridized carbons (Fsp3) is 0.412. The van der Waals surface area contributed by atoms with Gasteiger partial charge in [-0.3, -0.25) is 10.2 Å². The van der Waals surface area contributed by atoms with Gasteiger partial charge in [0.05, 0.1) is 22.5 Å². The summed E-state index contributed by atoms with van der Waals surface area (Å²) in [6.07, 6.45) is 5.19. The number of aryl methyl sites for hydroxylation is 4. The van der Waals surface area contributed by atoms with Crippen molar-refractivity contribution in [3.63, 3.8) is 0 Å². The van der Waals surface area contributed by atoms with Gasteiger partial charge in [-0.1, -0.05) is 31.5 Å². The number of hydrogen-bond donors (Lipinski definition) is 2. The first kappa shape index (κ1) is 25.6. The quantitative estimate of drug-likeness (QED) is 0.510. The van der Waals surface area contributed by atoms with Gasteiger partial charge in [0.2, 0.25) is 0 Å². The van der Waals surface area contributed by atoms with E-state index in [2.05, 4.69) is 57.4 Å². The average molecular weight is 369 g/mol. The monoisotopic (exact) mass is 368 g/mol. The van der Waals surface area contributed by atoms with Gasteiger partial charge in [-0.25, -0.2) is 0 Å². The van der Waals surface area contributed by atoms with Crippen molar-refractivity contribution in [3.8, 4) is 23.8 Å². The van der Waals surface area contributed by atoms with Gasteiger partial charge >= 0.3 is 51.4 Å². The van der Waals surface area contributed by atoms with E-state index in [4.69, 9.17) is 6.42 Å². The van der Waals surface area contributed by atoms with Gasteiger partial charge < -0.3 is 5.48 Å². The largest absolute Gasteiger partial charge is 1.00 e. The van der Waals surface area contributed by atoms with E-state index in [1.165, 1.54) is 0 Å². The van der Waals surface area contributed by atoms with Crippen molar-refractivity contribution >= 4 is 8.07 Å². The molecule has 2 rings (SSSR count). The smallest absolute Gasteiger partial charge is 0.870 e. The van der Waals surface area contributed by atoms with E-state index in [0.717, 1.165) is 33.9 Å². The van der Waals surface area contributed by atoms with Gasteiger partial charge in [-0.2, -0.15) is 10.2 Å². The zero-order valence-corrected chi connectivity index (χ0v) is 20.0. The van der Waals surface area contributed by atoms with Gasteiger partial charge in [0.15, 0.2) is 0 Å². The number of aromatic amines is 2. The van der Waals surface area contributed by atoms with Crippen molar-refractivity contribution < 1.29 is 56.9 Å². The molecule has 0 radical (unpaired) electrons. The van der Waals surface area contributed by atoms with Crippen molar-refractivity contribution in [1.29, 1.82) is 0 Å². The molecule has 5 nitrogen and oxygen atoms in total. The SMILES string of the molecule is C#Cc1c(C)n[nH]c1C.Cc1n[nH]c(C)c1C#C[Si](C)(C)C.[K+].[OH-]. The third-order valence-corrected chi connectivity index (χ3v) is 3.84. The second-order valence-electron chi connectivity index (χ2n) is 6.26. The first-order chi connectivity index (χ1) is 10.2. The van der Waals surface area contributed by atoms with Crippen LogP contribution in [0.2, 0.25) is 19.6 Å². The van der Waals surface area contributed by atoms with Crippen molar-refractivity contribution in [2.24, 2.45) is 0 Å². The van der Waals surface area contributed by atoms with Crippen LogP contribution in [0.15, 0.2) is 0 Å². The topological polar surface area (TPSA) is 87.4 Å². The molecule has 24 heavy (non-hydrogen) atoms. The van der Waals surface area contributed by atoms with Crippen molar-refractivity contribution in [2.75, 3.05) is 0 Å². The molecule has 0 unspecified atom stereocenters. The summed E-state index contributed by atoms with van der Waals surface area (Å²) in [5.74, 6) is 5.77. The van der Waals surface area contributed by atoms with E-state index < -0.39 is 8.07 Å². The molecule has 0 bridgehead atoms. The number of rotatable bonds is 0. The summed E-state index contributed by atoms with van der Waals surface area (Å²) in [6, 6.07) is 0. The number of terminal acetylenes is 1. The van der Waals surface area contributed by atoms with Crippen LogP contribution in [0, 0.1) is 51.5 Å². The van der Waals surface area contributed by atoms with Crippen LogP contribution in [0.5, 0.6) is 0 Å². The minimum Gasteiger partial charge on any atom is -0.870 e. The molecular formula is C17H25KN4OSi. The zero-order valence-electron chi connectivity index (χ0n) is 15.9. The molecule has 0 atom stereocenters. The molecule has 0 aromatic carbocycles. The molecule has 2 aromatic heterocycles. The van der Waals surface area contributed by atoms with E-state index in [-0.39, 0.29) is 56.9 Å². The Bertz CT molecular complexity index is 715. The molecule has 0 spiro atoms. The molecule has 0 fully saturated rings. The second kappa shape index (κ2) is 11.1. The Morgan fingerprint density at radius 2 is 1.29 bits per heavy atom. The van der Waals surface area contributed by atoms with E-state index in [9.17, 15) is 0 Å².